The van der Waals surface area contributed by atoms with Crippen LogP contribution in [-0.2, 0) is 6.54 Å². The van der Waals surface area contributed by atoms with E-state index in [2.05, 4.69) is 31.8 Å². The third-order valence-corrected chi connectivity index (χ3v) is 4.73. The quantitative estimate of drug-likeness (QED) is 0.809. The summed E-state index contributed by atoms with van der Waals surface area (Å²) in [6, 6.07) is 6.23. The van der Waals surface area contributed by atoms with E-state index in [9.17, 15) is 4.79 Å². The van der Waals surface area contributed by atoms with Crippen LogP contribution >= 0.6 is 11.3 Å². The first kappa shape index (κ1) is 14.9. The van der Waals surface area contributed by atoms with Crippen LogP contribution in [0.4, 0.5) is 10.6 Å². The van der Waals surface area contributed by atoms with Crippen molar-refractivity contribution in [1.82, 2.24) is 20.8 Å². The van der Waals surface area contributed by atoms with Crippen LogP contribution in [0.15, 0.2) is 23.6 Å². The van der Waals surface area contributed by atoms with Gasteiger partial charge in [0, 0.05) is 35.8 Å². The van der Waals surface area contributed by atoms with Crippen molar-refractivity contribution >= 4 is 23.2 Å². The van der Waals surface area contributed by atoms with E-state index in [1.165, 1.54) is 4.88 Å². The number of aryl methyl sites for hydroxylation is 1. The Bertz CT molecular complexity index is 601. The number of thiophene rings is 1. The summed E-state index contributed by atoms with van der Waals surface area (Å²) in [6.45, 7) is 4.43. The first-order valence-corrected chi connectivity index (χ1v) is 8.42. The highest BCUT2D eigenvalue weighted by molar-refractivity contribution is 7.09. The average Bonchev–Trinajstić information content (AvgIpc) is 3.17. The molecule has 2 aromatic heterocycles. The van der Waals surface area contributed by atoms with Crippen molar-refractivity contribution in [2.45, 2.75) is 32.4 Å². The number of H-pyrrole nitrogens is 1. The van der Waals surface area contributed by atoms with Gasteiger partial charge < -0.3 is 15.5 Å². The zero-order valence-electron chi connectivity index (χ0n) is 12.6. The van der Waals surface area contributed by atoms with E-state index < -0.39 is 0 Å². The lowest BCUT2D eigenvalue weighted by atomic mass is 10.1. The molecule has 0 saturated carbocycles. The molecule has 1 fully saturated rings. The topological polar surface area (TPSA) is 73.1 Å². The lowest BCUT2D eigenvalue weighted by Gasteiger charge is -2.32. The second kappa shape index (κ2) is 6.83. The molecular weight excluding hydrogens is 298 g/mol. The van der Waals surface area contributed by atoms with Gasteiger partial charge in [0.05, 0.1) is 6.54 Å². The lowest BCUT2D eigenvalue weighted by molar-refractivity contribution is 0.234. The summed E-state index contributed by atoms with van der Waals surface area (Å²) in [4.78, 5) is 15.3. The molecule has 6 nitrogen and oxygen atoms in total. The van der Waals surface area contributed by atoms with Crippen molar-refractivity contribution in [3.8, 4) is 0 Å². The van der Waals surface area contributed by atoms with Gasteiger partial charge in [0.25, 0.3) is 0 Å². The molecular formula is C15H21N5OS. The summed E-state index contributed by atoms with van der Waals surface area (Å²) in [5.74, 6) is 0.998. The monoisotopic (exact) mass is 319 g/mol. The van der Waals surface area contributed by atoms with Crippen molar-refractivity contribution in [3.05, 3.63) is 34.2 Å². The highest BCUT2D eigenvalue weighted by Crippen LogP contribution is 2.18. The predicted octanol–water partition coefficient (Wildman–Crippen LogP) is 2.25. The molecule has 0 aromatic carbocycles. The fourth-order valence-electron chi connectivity index (χ4n) is 2.64. The molecule has 3 N–H and O–H groups in total. The second-order valence-corrected chi connectivity index (χ2v) is 6.61. The number of anilines is 1. The minimum Gasteiger partial charge on any atom is -0.355 e. The highest BCUT2D eigenvalue weighted by Gasteiger charge is 2.21. The molecule has 0 aliphatic carbocycles. The minimum atomic E-state index is -0.0811. The maximum atomic E-state index is 11.9. The van der Waals surface area contributed by atoms with Gasteiger partial charge in [-0.3, -0.25) is 5.10 Å². The molecule has 0 bridgehead atoms. The number of piperidine rings is 1. The van der Waals surface area contributed by atoms with Gasteiger partial charge in [0.2, 0.25) is 0 Å². The third-order valence-electron chi connectivity index (χ3n) is 3.85. The molecule has 1 saturated heterocycles. The molecule has 2 amide bonds. The highest BCUT2D eigenvalue weighted by atomic mass is 32.1. The summed E-state index contributed by atoms with van der Waals surface area (Å²) in [6.07, 6.45) is 1.89. The van der Waals surface area contributed by atoms with E-state index >= 15 is 0 Å². The third kappa shape index (κ3) is 3.79. The van der Waals surface area contributed by atoms with Gasteiger partial charge in [-0.1, -0.05) is 6.07 Å². The van der Waals surface area contributed by atoms with E-state index in [1.807, 2.05) is 24.4 Å². The Balaban J connectivity index is 1.40. The summed E-state index contributed by atoms with van der Waals surface area (Å²) >= 11 is 1.65. The van der Waals surface area contributed by atoms with Gasteiger partial charge in [-0.05, 0) is 31.2 Å². The molecule has 1 aliphatic heterocycles. The van der Waals surface area contributed by atoms with Gasteiger partial charge in [0.1, 0.15) is 0 Å². The molecule has 1 aliphatic rings. The molecule has 3 rings (SSSR count). The molecule has 3 heterocycles. The smallest absolute Gasteiger partial charge is 0.315 e. The molecule has 0 unspecified atom stereocenters. The van der Waals surface area contributed by atoms with Gasteiger partial charge >= 0.3 is 6.03 Å². The predicted molar refractivity (Wildman–Crippen MR) is 88.3 cm³/mol. The summed E-state index contributed by atoms with van der Waals surface area (Å²) in [5, 5.41) is 15.2. The van der Waals surface area contributed by atoms with Crippen LogP contribution in [0, 0.1) is 6.92 Å². The van der Waals surface area contributed by atoms with Crippen LogP contribution in [0.1, 0.15) is 23.4 Å². The fraction of sp³-hybridized carbons (Fsp3) is 0.467. The van der Waals surface area contributed by atoms with E-state index in [1.54, 1.807) is 11.3 Å². The number of urea groups is 1. The number of carbonyl (C=O) groups is 1. The Morgan fingerprint density at radius 2 is 2.32 bits per heavy atom. The normalized spacial score (nSPS) is 15.8. The van der Waals surface area contributed by atoms with E-state index in [0.29, 0.717) is 6.54 Å². The number of rotatable bonds is 4. The Kier molecular flexibility index (Phi) is 4.62. The number of aromatic nitrogens is 2. The summed E-state index contributed by atoms with van der Waals surface area (Å²) in [5.41, 5.74) is 1.07. The van der Waals surface area contributed by atoms with E-state index in [0.717, 1.165) is 37.4 Å². The molecule has 118 valence electrons. The van der Waals surface area contributed by atoms with Gasteiger partial charge in [-0.25, -0.2) is 4.79 Å². The van der Waals surface area contributed by atoms with Gasteiger partial charge in [0.15, 0.2) is 5.82 Å². The lowest BCUT2D eigenvalue weighted by Crippen LogP contribution is -2.47. The summed E-state index contributed by atoms with van der Waals surface area (Å²) < 4.78 is 0. The SMILES string of the molecule is Cc1cc(N2CCC(NC(=O)NCc3cccs3)CC2)n[nH]1. The first-order chi connectivity index (χ1) is 10.7. The van der Waals surface area contributed by atoms with E-state index in [-0.39, 0.29) is 12.1 Å². The molecule has 2 aromatic rings. The Morgan fingerprint density at radius 3 is 2.95 bits per heavy atom. The van der Waals surface area contributed by atoms with Crippen molar-refractivity contribution < 1.29 is 4.79 Å². The van der Waals surface area contributed by atoms with Crippen molar-refractivity contribution in [1.29, 1.82) is 0 Å². The number of hydrogen-bond donors (Lipinski definition) is 3. The molecule has 0 atom stereocenters. The zero-order chi connectivity index (χ0) is 15.4. The Labute approximate surface area is 133 Å². The number of carbonyl (C=O) groups excluding carboxylic acids is 1. The van der Waals surface area contributed by atoms with Crippen molar-refractivity contribution in [2.24, 2.45) is 0 Å². The average molecular weight is 319 g/mol. The molecule has 0 spiro atoms. The number of hydrogen-bond acceptors (Lipinski definition) is 4. The van der Waals surface area contributed by atoms with Crippen LogP contribution in [-0.4, -0.2) is 35.4 Å². The maximum absolute atomic E-state index is 11.9. The maximum Gasteiger partial charge on any atom is 0.315 e. The molecule has 22 heavy (non-hydrogen) atoms. The van der Waals surface area contributed by atoms with Crippen LogP contribution < -0.4 is 15.5 Å². The fourth-order valence-corrected chi connectivity index (χ4v) is 3.28. The van der Waals surface area contributed by atoms with Crippen molar-refractivity contribution in [2.75, 3.05) is 18.0 Å². The summed E-state index contributed by atoms with van der Waals surface area (Å²) in [7, 11) is 0. The first-order valence-electron chi connectivity index (χ1n) is 7.54. The Morgan fingerprint density at radius 1 is 1.50 bits per heavy atom. The minimum absolute atomic E-state index is 0.0811. The standard InChI is InChI=1S/C15H21N5OS/c1-11-9-14(19-18-11)20-6-4-12(5-7-20)17-15(21)16-10-13-3-2-8-22-13/h2-3,8-9,12H,4-7,10H2,1H3,(H,18,19)(H2,16,17,21). The van der Waals surface area contributed by atoms with Crippen LogP contribution in [0.5, 0.6) is 0 Å². The zero-order valence-corrected chi connectivity index (χ0v) is 13.4. The van der Waals surface area contributed by atoms with Crippen LogP contribution in [0.2, 0.25) is 0 Å². The largest absolute Gasteiger partial charge is 0.355 e. The number of nitrogens with zero attached hydrogens (tertiary/aromatic N) is 2. The van der Waals surface area contributed by atoms with E-state index in [4.69, 9.17) is 0 Å². The Hall–Kier alpha value is -2.02. The number of amides is 2. The van der Waals surface area contributed by atoms with Crippen LogP contribution in [0.25, 0.3) is 0 Å². The number of aromatic amines is 1. The second-order valence-electron chi connectivity index (χ2n) is 5.58. The number of nitrogens with one attached hydrogen (secondary N) is 3. The van der Waals surface area contributed by atoms with Crippen LogP contribution in [0.3, 0.4) is 0 Å². The molecule has 7 heteroatoms. The molecule has 0 radical (unpaired) electrons. The van der Waals surface area contributed by atoms with Gasteiger partial charge in [-0.15, -0.1) is 11.3 Å². The van der Waals surface area contributed by atoms with Gasteiger partial charge in [-0.2, -0.15) is 5.10 Å². The van der Waals surface area contributed by atoms with Crippen molar-refractivity contribution in [3.63, 3.8) is 0 Å².